The van der Waals surface area contributed by atoms with Crippen molar-refractivity contribution in [1.82, 2.24) is 4.90 Å². The summed E-state index contributed by atoms with van der Waals surface area (Å²) in [4.78, 5) is 24.0. The van der Waals surface area contributed by atoms with E-state index >= 15 is 0 Å². The standard InChI is InChI=1S/C12H15ClN2O4/c1-14(8-4-7-13)12(16)9-5-3-6-10(15(17)18)11(9)19-2/h3,5-6H,4,7-8H2,1-2H3. The number of ether oxygens (including phenoxy) is 1. The molecule has 0 N–H and O–H groups in total. The maximum absolute atomic E-state index is 12.2. The minimum absolute atomic E-state index is 0.0183. The topological polar surface area (TPSA) is 72.7 Å². The normalized spacial score (nSPS) is 10.1. The van der Waals surface area contributed by atoms with E-state index in [0.29, 0.717) is 18.8 Å². The van der Waals surface area contributed by atoms with E-state index in [-0.39, 0.29) is 22.9 Å². The Morgan fingerprint density at radius 3 is 2.74 bits per heavy atom. The van der Waals surface area contributed by atoms with Gasteiger partial charge in [0.2, 0.25) is 5.75 Å². The zero-order valence-electron chi connectivity index (χ0n) is 10.8. The van der Waals surface area contributed by atoms with Crippen LogP contribution in [0.2, 0.25) is 0 Å². The molecule has 1 amide bonds. The molecule has 0 atom stereocenters. The van der Waals surface area contributed by atoms with Crippen LogP contribution >= 0.6 is 11.6 Å². The summed E-state index contributed by atoms with van der Waals surface area (Å²) in [6, 6.07) is 4.27. The average molecular weight is 287 g/mol. The lowest BCUT2D eigenvalue weighted by Gasteiger charge is -2.17. The van der Waals surface area contributed by atoms with Crippen LogP contribution in [0.1, 0.15) is 16.8 Å². The first-order chi connectivity index (χ1) is 9.02. The fraction of sp³-hybridized carbons (Fsp3) is 0.417. The molecule has 1 aromatic carbocycles. The lowest BCUT2D eigenvalue weighted by atomic mass is 10.1. The van der Waals surface area contributed by atoms with Crippen molar-refractivity contribution >= 4 is 23.2 Å². The number of alkyl halides is 1. The molecule has 0 aliphatic heterocycles. The van der Waals surface area contributed by atoms with Gasteiger partial charge in [0.25, 0.3) is 5.91 Å². The highest BCUT2D eigenvalue weighted by Crippen LogP contribution is 2.31. The van der Waals surface area contributed by atoms with E-state index in [4.69, 9.17) is 16.3 Å². The van der Waals surface area contributed by atoms with E-state index in [2.05, 4.69) is 0 Å². The fourth-order valence-corrected chi connectivity index (χ4v) is 1.78. The number of nitrogens with zero attached hydrogens (tertiary/aromatic N) is 2. The van der Waals surface area contributed by atoms with E-state index in [1.807, 2.05) is 0 Å². The van der Waals surface area contributed by atoms with Crippen molar-refractivity contribution in [3.8, 4) is 5.75 Å². The van der Waals surface area contributed by atoms with E-state index < -0.39 is 4.92 Å². The Bertz CT molecular complexity index is 479. The van der Waals surface area contributed by atoms with Gasteiger partial charge >= 0.3 is 5.69 Å². The molecule has 0 aliphatic rings. The first-order valence-corrected chi connectivity index (χ1v) is 6.19. The molecule has 104 valence electrons. The molecule has 0 radical (unpaired) electrons. The highest BCUT2D eigenvalue weighted by molar-refractivity contribution is 6.17. The predicted molar refractivity (Wildman–Crippen MR) is 71.9 cm³/mol. The van der Waals surface area contributed by atoms with Gasteiger partial charge in [0, 0.05) is 25.5 Å². The number of methoxy groups -OCH3 is 1. The van der Waals surface area contributed by atoms with Gasteiger partial charge in [-0.15, -0.1) is 11.6 Å². The summed E-state index contributed by atoms with van der Waals surface area (Å²) in [5, 5.41) is 10.9. The smallest absolute Gasteiger partial charge is 0.311 e. The van der Waals surface area contributed by atoms with E-state index in [9.17, 15) is 14.9 Å². The van der Waals surface area contributed by atoms with Gasteiger partial charge in [0.15, 0.2) is 0 Å². The number of rotatable bonds is 6. The van der Waals surface area contributed by atoms with Crippen LogP contribution in [0, 0.1) is 10.1 Å². The van der Waals surface area contributed by atoms with Crippen LogP contribution in [0.25, 0.3) is 0 Å². The molecule has 0 fully saturated rings. The second kappa shape index (κ2) is 6.94. The Morgan fingerprint density at radius 2 is 2.21 bits per heavy atom. The van der Waals surface area contributed by atoms with Gasteiger partial charge in [0.05, 0.1) is 17.6 Å². The third kappa shape index (κ3) is 3.57. The van der Waals surface area contributed by atoms with Crippen LogP contribution in [-0.4, -0.2) is 42.3 Å². The highest BCUT2D eigenvalue weighted by atomic mass is 35.5. The van der Waals surface area contributed by atoms with Gasteiger partial charge in [-0.25, -0.2) is 0 Å². The van der Waals surface area contributed by atoms with Crippen molar-refractivity contribution in [2.24, 2.45) is 0 Å². The molecule has 0 unspecified atom stereocenters. The Balaban J connectivity index is 3.09. The second-order valence-corrected chi connectivity index (χ2v) is 4.26. The molecule has 0 aliphatic carbocycles. The quantitative estimate of drug-likeness (QED) is 0.457. The van der Waals surface area contributed by atoms with Crippen LogP contribution in [0.3, 0.4) is 0 Å². The van der Waals surface area contributed by atoms with E-state index in [1.165, 1.54) is 30.2 Å². The molecule has 0 spiro atoms. The van der Waals surface area contributed by atoms with Gasteiger partial charge < -0.3 is 9.64 Å². The molecule has 6 nitrogen and oxygen atoms in total. The molecule has 1 rings (SSSR count). The Morgan fingerprint density at radius 1 is 1.53 bits per heavy atom. The van der Waals surface area contributed by atoms with Crippen molar-refractivity contribution in [3.63, 3.8) is 0 Å². The molecule has 1 aromatic rings. The van der Waals surface area contributed by atoms with Crippen LogP contribution in [0.5, 0.6) is 5.75 Å². The van der Waals surface area contributed by atoms with Crippen molar-refractivity contribution in [2.75, 3.05) is 26.6 Å². The maximum atomic E-state index is 12.2. The van der Waals surface area contributed by atoms with E-state index in [0.717, 1.165) is 0 Å². The number of nitro benzene ring substituents is 1. The number of para-hydroxylation sites is 1. The highest BCUT2D eigenvalue weighted by Gasteiger charge is 2.24. The molecule has 0 bridgehead atoms. The van der Waals surface area contributed by atoms with E-state index in [1.54, 1.807) is 7.05 Å². The van der Waals surface area contributed by atoms with Crippen LogP contribution in [0.4, 0.5) is 5.69 Å². The first kappa shape index (κ1) is 15.2. The van der Waals surface area contributed by atoms with Gasteiger partial charge in [-0.2, -0.15) is 0 Å². The zero-order chi connectivity index (χ0) is 14.4. The molecule has 7 heteroatoms. The lowest BCUT2D eigenvalue weighted by molar-refractivity contribution is -0.385. The van der Waals surface area contributed by atoms with Crippen molar-refractivity contribution in [1.29, 1.82) is 0 Å². The number of halogens is 1. The minimum Gasteiger partial charge on any atom is -0.490 e. The van der Waals surface area contributed by atoms with Crippen molar-refractivity contribution in [2.45, 2.75) is 6.42 Å². The van der Waals surface area contributed by atoms with Gasteiger partial charge in [-0.3, -0.25) is 14.9 Å². The van der Waals surface area contributed by atoms with Crippen molar-refractivity contribution < 1.29 is 14.5 Å². The van der Waals surface area contributed by atoms with Crippen molar-refractivity contribution in [3.05, 3.63) is 33.9 Å². The zero-order valence-corrected chi connectivity index (χ0v) is 11.5. The average Bonchev–Trinajstić information content (AvgIpc) is 2.42. The number of carbonyl (C=O) groups is 1. The molecule has 0 heterocycles. The molecule has 0 aromatic heterocycles. The number of carbonyl (C=O) groups excluding carboxylic acids is 1. The SMILES string of the molecule is COc1c(C(=O)N(C)CCCCl)cccc1[N+](=O)[O-]. The molecule has 0 saturated heterocycles. The number of hydrogen-bond acceptors (Lipinski definition) is 4. The summed E-state index contributed by atoms with van der Waals surface area (Å²) in [6.45, 7) is 0.480. The van der Waals surface area contributed by atoms with Crippen LogP contribution in [-0.2, 0) is 0 Å². The number of nitro groups is 1. The predicted octanol–water partition coefficient (Wildman–Crippen LogP) is 2.30. The Kier molecular flexibility index (Phi) is 5.57. The third-order valence-electron chi connectivity index (χ3n) is 2.60. The first-order valence-electron chi connectivity index (χ1n) is 5.65. The monoisotopic (exact) mass is 286 g/mol. The number of benzene rings is 1. The third-order valence-corrected chi connectivity index (χ3v) is 2.87. The second-order valence-electron chi connectivity index (χ2n) is 3.88. The summed E-state index contributed by atoms with van der Waals surface area (Å²) >= 11 is 5.57. The number of hydrogen-bond donors (Lipinski definition) is 0. The van der Waals surface area contributed by atoms with Crippen LogP contribution < -0.4 is 4.74 Å². The van der Waals surface area contributed by atoms with Gasteiger partial charge in [-0.05, 0) is 12.5 Å². The maximum Gasteiger partial charge on any atom is 0.311 e. The molecule has 19 heavy (non-hydrogen) atoms. The number of amides is 1. The molecular formula is C12H15ClN2O4. The minimum atomic E-state index is -0.575. The Labute approximate surface area is 116 Å². The fourth-order valence-electron chi connectivity index (χ4n) is 1.66. The Hall–Kier alpha value is -1.82. The largest absolute Gasteiger partial charge is 0.490 e. The van der Waals surface area contributed by atoms with Crippen LogP contribution in [0.15, 0.2) is 18.2 Å². The summed E-state index contributed by atoms with van der Waals surface area (Å²) in [7, 11) is 2.92. The summed E-state index contributed by atoms with van der Waals surface area (Å²) in [5.41, 5.74) is -0.0483. The summed E-state index contributed by atoms with van der Waals surface area (Å²) in [6.07, 6.45) is 0.654. The summed E-state index contributed by atoms with van der Waals surface area (Å²) < 4.78 is 5.00. The summed E-state index contributed by atoms with van der Waals surface area (Å²) in [5.74, 6) is 0.102. The lowest BCUT2D eigenvalue weighted by Crippen LogP contribution is -2.28. The van der Waals surface area contributed by atoms with Gasteiger partial charge in [0.1, 0.15) is 0 Å². The van der Waals surface area contributed by atoms with Gasteiger partial charge in [-0.1, -0.05) is 6.07 Å². The molecular weight excluding hydrogens is 272 g/mol. The molecule has 0 saturated carbocycles.